The van der Waals surface area contributed by atoms with Crippen LogP contribution in [0.3, 0.4) is 0 Å². The Morgan fingerprint density at radius 1 is 0.691 bits per heavy atom. The average Bonchev–Trinajstić information content (AvgIpc) is 4.23. The van der Waals surface area contributed by atoms with E-state index in [9.17, 15) is 19.2 Å². The Labute approximate surface area is 394 Å². The summed E-state index contributed by atoms with van der Waals surface area (Å²) in [6.45, 7) is 4.41. The number of carbonyl (C=O) groups is 4. The minimum absolute atomic E-state index is 0.0623. The van der Waals surface area contributed by atoms with Gasteiger partial charge in [0.05, 0.1) is 48.4 Å². The highest BCUT2D eigenvalue weighted by Gasteiger charge is 2.51. The molecule has 11 rings (SSSR count). The molecule has 0 unspecified atom stereocenters. The smallest absolute Gasteiger partial charge is 0.407 e. The summed E-state index contributed by atoms with van der Waals surface area (Å²) in [5, 5.41) is 9.79. The molecule has 2 aliphatic heterocycles. The number of nitrogens with zero attached hydrogens (tertiary/aromatic N) is 4. The number of aromatic amines is 2. The molecule has 0 radical (unpaired) electrons. The zero-order chi connectivity index (χ0) is 46.8. The van der Waals surface area contributed by atoms with E-state index in [1.165, 1.54) is 32.6 Å². The molecule has 2 bridgehead atoms. The fourth-order valence-electron chi connectivity index (χ4n) is 12.0. The molecule has 4 fully saturated rings. The highest BCUT2D eigenvalue weighted by molar-refractivity contribution is 6.07. The molecule has 2 aromatic heterocycles. The fourth-order valence-corrected chi connectivity index (χ4v) is 12.0. The average molecular weight is 915 g/mol. The van der Waals surface area contributed by atoms with Gasteiger partial charge in [0.2, 0.25) is 5.91 Å². The number of rotatable bonds is 10. The molecule has 0 spiro atoms. The molecule has 350 valence electrons. The summed E-state index contributed by atoms with van der Waals surface area (Å²) in [6, 6.07) is 27.5. The Hall–Kier alpha value is -6.96. The van der Waals surface area contributed by atoms with Crippen LogP contribution >= 0.6 is 0 Å². The lowest BCUT2D eigenvalue weighted by Gasteiger charge is -2.36. The first-order chi connectivity index (χ1) is 33.1. The SMILES string of the molecule is COC(=O)N[C@H](C(=O)N1CCC[C@H]1c1nc2c(ccc3cc(-c4ccc5c(ccc6[nH]c([C@@H]7[C@H]8CC[C@H](C8)N7C(=O)[C@H](NC(=O)OC)c7cccc(C8CCCC8)c7)nc65)c4)ccc32)[nH]1)C(C)C. The van der Waals surface area contributed by atoms with Crippen LogP contribution in [0.1, 0.15) is 118 Å². The van der Waals surface area contributed by atoms with Gasteiger partial charge in [-0.2, -0.15) is 0 Å². The van der Waals surface area contributed by atoms with Gasteiger partial charge in [-0.05, 0) is 120 Å². The molecule has 14 heteroatoms. The van der Waals surface area contributed by atoms with Gasteiger partial charge in [-0.25, -0.2) is 19.6 Å². The van der Waals surface area contributed by atoms with E-state index in [-0.39, 0.29) is 41.8 Å². The molecule has 4 amide bonds. The lowest BCUT2D eigenvalue weighted by molar-refractivity contribution is -0.138. The van der Waals surface area contributed by atoms with Gasteiger partial charge in [0.25, 0.3) is 5.91 Å². The first-order valence-electron chi connectivity index (χ1n) is 24.3. The minimum Gasteiger partial charge on any atom is -0.453 e. The number of fused-ring (bicyclic) bond motifs is 8. The van der Waals surface area contributed by atoms with Gasteiger partial charge in [0.1, 0.15) is 23.7 Å². The van der Waals surface area contributed by atoms with Crippen LogP contribution < -0.4 is 10.6 Å². The molecule has 14 nitrogen and oxygen atoms in total. The van der Waals surface area contributed by atoms with Crippen molar-refractivity contribution < 1.29 is 28.7 Å². The van der Waals surface area contributed by atoms with Crippen molar-refractivity contribution in [3.8, 4) is 11.1 Å². The van der Waals surface area contributed by atoms with Crippen LogP contribution in [0.5, 0.6) is 0 Å². The fraction of sp³-hybridized carbons (Fsp3) is 0.407. The number of hydrogen-bond acceptors (Lipinski definition) is 8. The van der Waals surface area contributed by atoms with Crippen molar-refractivity contribution in [3.05, 3.63) is 108 Å². The second kappa shape index (κ2) is 17.6. The van der Waals surface area contributed by atoms with Crippen molar-refractivity contribution in [2.75, 3.05) is 20.8 Å². The van der Waals surface area contributed by atoms with E-state index in [2.05, 4.69) is 93.4 Å². The molecule has 68 heavy (non-hydrogen) atoms. The molecule has 4 N–H and O–H groups in total. The highest BCUT2D eigenvalue weighted by atomic mass is 16.5. The molecule has 6 atom stereocenters. The summed E-state index contributed by atoms with van der Waals surface area (Å²) < 4.78 is 9.87. The third-order valence-electron chi connectivity index (χ3n) is 15.4. The summed E-state index contributed by atoms with van der Waals surface area (Å²) in [5.41, 5.74) is 7.68. The second-order valence-corrected chi connectivity index (χ2v) is 19.7. The molecular formula is C54H58N8O6. The molecule has 4 heterocycles. The highest BCUT2D eigenvalue weighted by Crippen LogP contribution is 2.51. The van der Waals surface area contributed by atoms with Gasteiger partial charge in [-0.3, -0.25) is 9.59 Å². The predicted molar refractivity (Wildman–Crippen MR) is 261 cm³/mol. The van der Waals surface area contributed by atoms with E-state index in [0.29, 0.717) is 12.5 Å². The van der Waals surface area contributed by atoms with Crippen LogP contribution in [-0.2, 0) is 19.1 Å². The van der Waals surface area contributed by atoms with Gasteiger partial charge in [0, 0.05) is 23.4 Å². The van der Waals surface area contributed by atoms with Gasteiger partial charge in [0.15, 0.2) is 0 Å². The number of hydrogen-bond donors (Lipinski definition) is 4. The first-order valence-corrected chi connectivity index (χ1v) is 24.3. The minimum atomic E-state index is -0.880. The van der Waals surface area contributed by atoms with Crippen molar-refractivity contribution in [2.45, 2.75) is 108 Å². The molecule has 4 aliphatic rings. The van der Waals surface area contributed by atoms with E-state index in [4.69, 9.17) is 19.4 Å². The molecule has 2 saturated heterocycles. The third-order valence-corrected chi connectivity index (χ3v) is 15.4. The standard InChI is InChI=1S/C54H58N8O6/c1-29(2)44(59-53(65)67-3)51(63)61-24-8-13-43(61)49-55-41-22-17-34-25-32(15-20-39(34)46(41)57-49)33-16-21-40-35(26-33)18-23-42-47(40)58-50(56-42)48-37-14-19-38(28-37)62(48)52(64)45(60-54(66)68-4)36-12-7-11-31(27-36)30-9-5-6-10-30/h7,11-12,15-18,20-23,25-27,29-30,37-38,43-45,48H,5-6,8-10,13-14,19,24,28H2,1-4H3,(H,55,57)(H,56,58)(H,59,65)(H,60,66)/t37-,38+,43-,44-,45+,48-/m0/s1. The molecule has 5 aromatic carbocycles. The topological polar surface area (TPSA) is 175 Å². The van der Waals surface area contributed by atoms with Crippen molar-refractivity contribution in [3.63, 3.8) is 0 Å². The predicted octanol–water partition coefficient (Wildman–Crippen LogP) is 10.3. The monoisotopic (exact) mass is 914 g/mol. The van der Waals surface area contributed by atoms with Crippen LogP contribution in [0, 0.1) is 11.8 Å². The number of benzene rings is 5. The number of aromatic nitrogens is 4. The lowest BCUT2D eigenvalue weighted by Crippen LogP contribution is -2.51. The van der Waals surface area contributed by atoms with Crippen molar-refractivity contribution >= 4 is 67.6 Å². The number of amides is 4. The summed E-state index contributed by atoms with van der Waals surface area (Å²) >= 11 is 0. The van der Waals surface area contributed by atoms with Crippen LogP contribution in [0.25, 0.3) is 54.7 Å². The number of ether oxygens (including phenoxy) is 2. The second-order valence-electron chi connectivity index (χ2n) is 19.7. The Morgan fingerprint density at radius 3 is 2.00 bits per heavy atom. The van der Waals surface area contributed by atoms with Crippen LogP contribution in [0.4, 0.5) is 9.59 Å². The van der Waals surface area contributed by atoms with E-state index in [1.807, 2.05) is 35.8 Å². The number of methoxy groups -OCH3 is 2. The van der Waals surface area contributed by atoms with Crippen molar-refractivity contribution in [2.24, 2.45) is 11.8 Å². The number of H-pyrrole nitrogens is 2. The Bertz CT molecular complexity index is 3120. The number of piperidine rings is 1. The maximum Gasteiger partial charge on any atom is 0.407 e. The maximum absolute atomic E-state index is 14.9. The largest absolute Gasteiger partial charge is 0.453 e. The summed E-state index contributed by atoms with van der Waals surface area (Å²) in [7, 11) is 2.63. The molecule has 7 aromatic rings. The van der Waals surface area contributed by atoms with Crippen LogP contribution in [-0.4, -0.2) is 86.6 Å². The maximum atomic E-state index is 14.9. The quantitative estimate of drug-likeness (QED) is 0.105. The van der Waals surface area contributed by atoms with Gasteiger partial charge < -0.3 is 39.9 Å². The number of imidazole rings is 2. The lowest BCUT2D eigenvalue weighted by atomic mass is 9.92. The van der Waals surface area contributed by atoms with Gasteiger partial charge in [-0.1, -0.05) is 87.4 Å². The summed E-state index contributed by atoms with van der Waals surface area (Å²) in [4.78, 5) is 75.0. The van der Waals surface area contributed by atoms with Crippen LogP contribution in [0.15, 0.2) is 84.9 Å². The van der Waals surface area contributed by atoms with E-state index in [1.54, 1.807) is 0 Å². The zero-order valence-electron chi connectivity index (χ0n) is 39.0. The normalized spacial score (nSPS) is 21.4. The van der Waals surface area contributed by atoms with Gasteiger partial charge >= 0.3 is 12.2 Å². The number of likely N-dealkylation sites (tertiary alicyclic amines) is 2. The zero-order valence-corrected chi connectivity index (χ0v) is 39.0. The first kappa shape index (κ1) is 43.6. The Morgan fingerprint density at radius 2 is 1.34 bits per heavy atom. The number of alkyl carbamates (subject to hydrolysis) is 2. The summed E-state index contributed by atoms with van der Waals surface area (Å²) in [6.07, 6.45) is 7.90. The Balaban J connectivity index is 0.865. The summed E-state index contributed by atoms with van der Waals surface area (Å²) in [5.74, 6) is 1.86. The third kappa shape index (κ3) is 7.67. The van der Waals surface area contributed by atoms with E-state index >= 15 is 0 Å². The number of carbonyl (C=O) groups excluding carboxylic acids is 4. The van der Waals surface area contributed by atoms with Gasteiger partial charge in [-0.15, -0.1) is 0 Å². The van der Waals surface area contributed by atoms with E-state index in [0.717, 1.165) is 117 Å². The number of nitrogens with one attached hydrogen (secondary N) is 4. The van der Waals surface area contributed by atoms with Crippen molar-refractivity contribution in [1.82, 2.24) is 40.4 Å². The van der Waals surface area contributed by atoms with E-state index < -0.39 is 24.3 Å². The Kier molecular flexibility index (Phi) is 11.3. The van der Waals surface area contributed by atoms with Crippen molar-refractivity contribution in [1.29, 1.82) is 0 Å². The molecule has 2 saturated carbocycles. The van der Waals surface area contributed by atoms with Crippen LogP contribution in [0.2, 0.25) is 0 Å². The molecular weight excluding hydrogens is 857 g/mol. The molecule has 2 aliphatic carbocycles.